The Morgan fingerprint density at radius 2 is 1.65 bits per heavy atom. The van der Waals surface area contributed by atoms with E-state index in [2.05, 4.69) is 33.8 Å². The van der Waals surface area contributed by atoms with Crippen LogP contribution in [0.2, 0.25) is 0 Å². The van der Waals surface area contributed by atoms with Gasteiger partial charge in [0.15, 0.2) is 17.5 Å². The number of guanidine groups is 1. The minimum Gasteiger partial charge on any atom is -0.493 e. The molecular formula is C20H28IN3O2. The van der Waals surface area contributed by atoms with Crippen LogP contribution >= 0.6 is 24.0 Å². The molecular weight excluding hydrogens is 441 g/mol. The van der Waals surface area contributed by atoms with E-state index in [1.165, 1.54) is 11.1 Å². The first-order valence-electron chi connectivity index (χ1n) is 8.46. The van der Waals surface area contributed by atoms with E-state index >= 15 is 0 Å². The van der Waals surface area contributed by atoms with Crippen LogP contribution < -0.4 is 20.1 Å². The number of ether oxygens (including phenoxy) is 2. The van der Waals surface area contributed by atoms with Gasteiger partial charge >= 0.3 is 0 Å². The predicted octanol–water partition coefficient (Wildman–Crippen LogP) is 3.62. The smallest absolute Gasteiger partial charge is 0.191 e. The number of hydrogen-bond donors (Lipinski definition) is 2. The van der Waals surface area contributed by atoms with E-state index < -0.39 is 0 Å². The molecule has 2 rings (SSSR count). The highest BCUT2D eigenvalue weighted by Crippen LogP contribution is 2.27. The zero-order chi connectivity index (χ0) is 17.9. The molecule has 0 aliphatic rings. The van der Waals surface area contributed by atoms with Crippen LogP contribution in [0.4, 0.5) is 0 Å². The molecule has 2 aromatic carbocycles. The summed E-state index contributed by atoms with van der Waals surface area (Å²) in [5.74, 6) is 2.35. The maximum atomic E-state index is 5.34. The lowest BCUT2D eigenvalue weighted by Gasteiger charge is -2.12. The fourth-order valence-corrected chi connectivity index (χ4v) is 2.54. The maximum Gasteiger partial charge on any atom is 0.191 e. The number of rotatable bonds is 8. The Balaban J connectivity index is 0.00000338. The molecule has 2 N–H and O–H groups in total. The lowest BCUT2D eigenvalue weighted by molar-refractivity contribution is 0.354. The van der Waals surface area contributed by atoms with Crippen LogP contribution in [0.1, 0.15) is 17.5 Å². The van der Waals surface area contributed by atoms with Crippen LogP contribution in [-0.4, -0.2) is 33.8 Å². The molecule has 0 bridgehead atoms. The van der Waals surface area contributed by atoms with Crippen molar-refractivity contribution in [3.05, 3.63) is 59.7 Å². The third kappa shape index (κ3) is 7.11. The minimum atomic E-state index is 0. The Bertz CT molecular complexity index is 678. The van der Waals surface area contributed by atoms with Crippen molar-refractivity contribution >= 4 is 29.9 Å². The van der Waals surface area contributed by atoms with E-state index in [-0.39, 0.29) is 24.0 Å². The third-order valence-electron chi connectivity index (χ3n) is 3.91. The van der Waals surface area contributed by atoms with Crippen LogP contribution in [0, 0.1) is 0 Å². The first-order chi connectivity index (χ1) is 12.3. The fraction of sp³-hybridized carbons (Fsp3) is 0.350. The second-order valence-electron chi connectivity index (χ2n) is 5.63. The van der Waals surface area contributed by atoms with Crippen molar-refractivity contribution in [2.75, 3.05) is 27.8 Å². The summed E-state index contributed by atoms with van der Waals surface area (Å²) in [5, 5.41) is 6.66. The van der Waals surface area contributed by atoms with Crippen molar-refractivity contribution in [1.29, 1.82) is 0 Å². The summed E-state index contributed by atoms with van der Waals surface area (Å²) in [6, 6.07) is 16.3. The standard InChI is InChI=1S/C20H27N3O2.HI/c1-21-20(23-15-17-8-5-4-6-9-17)22-13-7-10-16-11-12-18(24-2)19(14-16)25-3;/h4-6,8-9,11-12,14H,7,10,13,15H2,1-3H3,(H2,21,22,23);1H. The Kier molecular flexibility index (Phi) is 10.5. The number of nitrogens with zero attached hydrogens (tertiary/aromatic N) is 1. The highest BCUT2D eigenvalue weighted by molar-refractivity contribution is 14.0. The van der Waals surface area contributed by atoms with Gasteiger partial charge in [-0.1, -0.05) is 36.4 Å². The Morgan fingerprint density at radius 1 is 0.923 bits per heavy atom. The Labute approximate surface area is 173 Å². The molecule has 0 saturated carbocycles. The molecule has 0 spiro atoms. The second kappa shape index (κ2) is 12.4. The van der Waals surface area contributed by atoms with Gasteiger partial charge in [0.1, 0.15) is 0 Å². The van der Waals surface area contributed by atoms with Gasteiger partial charge in [-0.25, -0.2) is 0 Å². The van der Waals surface area contributed by atoms with Crippen LogP contribution in [0.5, 0.6) is 11.5 Å². The van der Waals surface area contributed by atoms with E-state index in [4.69, 9.17) is 9.47 Å². The minimum absolute atomic E-state index is 0. The molecule has 0 amide bonds. The first kappa shape index (κ1) is 22.1. The number of halogens is 1. The topological polar surface area (TPSA) is 54.9 Å². The highest BCUT2D eigenvalue weighted by atomic mass is 127. The van der Waals surface area contributed by atoms with Crippen molar-refractivity contribution in [2.45, 2.75) is 19.4 Å². The van der Waals surface area contributed by atoms with Gasteiger partial charge in [0.05, 0.1) is 14.2 Å². The summed E-state index contributed by atoms with van der Waals surface area (Å²) in [5.41, 5.74) is 2.46. The summed E-state index contributed by atoms with van der Waals surface area (Å²) < 4.78 is 10.6. The van der Waals surface area contributed by atoms with Crippen LogP contribution in [-0.2, 0) is 13.0 Å². The van der Waals surface area contributed by atoms with Crippen LogP contribution in [0.15, 0.2) is 53.5 Å². The molecule has 0 aromatic heterocycles. The molecule has 0 heterocycles. The number of hydrogen-bond acceptors (Lipinski definition) is 3. The SMILES string of the molecule is CN=C(NCCCc1ccc(OC)c(OC)c1)NCc1ccccc1.I. The van der Waals surface area contributed by atoms with E-state index in [1.807, 2.05) is 30.3 Å². The summed E-state index contributed by atoms with van der Waals surface area (Å²) >= 11 is 0. The normalized spacial score (nSPS) is 10.7. The van der Waals surface area contributed by atoms with Gasteiger partial charge in [0.25, 0.3) is 0 Å². The zero-order valence-corrected chi connectivity index (χ0v) is 17.9. The zero-order valence-electron chi connectivity index (χ0n) is 15.6. The average molecular weight is 469 g/mol. The maximum absolute atomic E-state index is 5.34. The molecule has 6 heteroatoms. The van der Waals surface area contributed by atoms with Crippen molar-refractivity contribution in [3.8, 4) is 11.5 Å². The van der Waals surface area contributed by atoms with Gasteiger partial charge in [-0.2, -0.15) is 0 Å². The van der Waals surface area contributed by atoms with Gasteiger partial charge in [0, 0.05) is 20.1 Å². The first-order valence-corrected chi connectivity index (χ1v) is 8.46. The molecule has 142 valence electrons. The van der Waals surface area contributed by atoms with E-state index in [1.54, 1.807) is 21.3 Å². The van der Waals surface area contributed by atoms with E-state index in [0.29, 0.717) is 0 Å². The third-order valence-corrected chi connectivity index (χ3v) is 3.91. The number of aryl methyl sites for hydroxylation is 1. The largest absolute Gasteiger partial charge is 0.493 e. The molecule has 2 aromatic rings. The lowest BCUT2D eigenvalue weighted by atomic mass is 10.1. The summed E-state index contributed by atoms with van der Waals surface area (Å²) in [4.78, 5) is 4.26. The van der Waals surface area contributed by atoms with Gasteiger partial charge in [-0.15, -0.1) is 24.0 Å². The quantitative estimate of drug-likeness (QED) is 0.269. The number of nitrogens with one attached hydrogen (secondary N) is 2. The second-order valence-corrected chi connectivity index (χ2v) is 5.63. The molecule has 0 aliphatic carbocycles. The van der Waals surface area contributed by atoms with E-state index in [9.17, 15) is 0 Å². The molecule has 0 unspecified atom stereocenters. The highest BCUT2D eigenvalue weighted by Gasteiger charge is 2.04. The monoisotopic (exact) mass is 469 g/mol. The van der Waals surface area contributed by atoms with Gasteiger partial charge < -0.3 is 20.1 Å². The lowest BCUT2D eigenvalue weighted by Crippen LogP contribution is -2.37. The fourth-order valence-electron chi connectivity index (χ4n) is 2.54. The molecule has 0 saturated heterocycles. The summed E-state index contributed by atoms with van der Waals surface area (Å²) in [7, 11) is 5.09. The van der Waals surface area contributed by atoms with Crippen molar-refractivity contribution < 1.29 is 9.47 Å². The molecule has 0 radical (unpaired) electrons. The van der Waals surface area contributed by atoms with Gasteiger partial charge in [0.2, 0.25) is 0 Å². The molecule has 0 aliphatic heterocycles. The number of aliphatic imine (C=N–C) groups is 1. The summed E-state index contributed by atoms with van der Waals surface area (Å²) in [6.45, 7) is 1.61. The number of methoxy groups -OCH3 is 2. The van der Waals surface area contributed by atoms with Crippen LogP contribution in [0.3, 0.4) is 0 Å². The number of benzene rings is 2. The average Bonchev–Trinajstić information content (AvgIpc) is 2.68. The summed E-state index contributed by atoms with van der Waals surface area (Å²) in [6.07, 6.45) is 1.96. The Hall–Kier alpha value is -1.96. The van der Waals surface area contributed by atoms with E-state index in [0.717, 1.165) is 43.4 Å². The molecule has 0 atom stereocenters. The van der Waals surface area contributed by atoms with Crippen LogP contribution in [0.25, 0.3) is 0 Å². The van der Waals surface area contributed by atoms with Gasteiger partial charge in [-0.3, -0.25) is 4.99 Å². The molecule has 5 nitrogen and oxygen atoms in total. The van der Waals surface area contributed by atoms with Crippen molar-refractivity contribution in [2.24, 2.45) is 4.99 Å². The van der Waals surface area contributed by atoms with Crippen molar-refractivity contribution in [1.82, 2.24) is 10.6 Å². The van der Waals surface area contributed by atoms with Crippen molar-refractivity contribution in [3.63, 3.8) is 0 Å². The Morgan fingerprint density at radius 3 is 2.31 bits per heavy atom. The molecule has 26 heavy (non-hydrogen) atoms. The molecule has 0 fully saturated rings. The van der Waals surface area contributed by atoms with Gasteiger partial charge in [-0.05, 0) is 36.1 Å². The predicted molar refractivity (Wildman–Crippen MR) is 118 cm³/mol.